The van der Waals surface area contributed by atoms with Gasteiger partial charge in [0.05, 0.1) is 18.9 Å². The average molecular weight is 487 g/mol. The Morgan fingerprint density at radius 2 is 1.89 bits per heavy atom. The molecule has 12 heteroatoms. The maximum Gasteiger partial charge on any atom is 0.331 e. The molecule has 0 radical (unpaired) electrons. The number of fused-ring (bicyclic) bond motifs is 1. The molecule has 0 bridgehead atoms. The molecule has 1 aliphatic heterocycles. The zero-order valence-electron chi connectivity index (χ0n) is 18.9. The van der Waals surface area contributed by atoms with Gasteiger partial charge in [-0.3, -0.25) is 14.4 Å². The molecule has 1 fully saturated rings. The van der Waals surface area contributed by atoms with E-state index in [1.165, 1.54) is 4.40 Å². The van der Waals surface area contributed by atoms with E-state index in [0.717, 1.165) is 30.0 Å². The third kappa shape index (κ3) is 4.72. The number of aryl methyl sites for hydroxylation is 1. The summed E-state index contributed by atoms with van der Waals surface area (Å²) in [7, 11) is 0. The smallest absolute Gasteiger partial charge is 0.331 e. The average Bonchev–Trinajstić information content (AvgIpc) is 3.46. The van der Waals surface area contributed by atoms with Gasteiger partial charge in [0.15, 0.2) is 5.82 Å². The number of nitrogens with one attached hydrogen (secondary N) is 2. The first kappa shape index (κ1) is 23.3. The molecule has 0 aliphatic carbocycles. The number of hydrogen-bond acceptors (Lipinski definition) is 7. The molecule has 3 N–H and O–H groups in total. The molecule has 1 aromatic carbocycles. The number of halogens is 3. The monoisotopic (exact) mass is 487 g/mol. The van der Waals surface area contributed by atoms with Crippen molar-refractivity contribution >= 4 is 17.4 Å². The summed E-state index contributed by atoms with van der Waals surface area (Å²) >= 11 is 0. The molecule has 4 aromatic rings. The molecule has 1 atom stereocenters. The number of β-amino-alcohol motifs (C(OH)–C–C–N with tert-alkyl or cyclic N) is 1. The van der Waals surface area contributed by atoms with Crippen LogP contribution in [-0.2, 0) is 10.7 Å². The fourth-order valence-electron chi connectivity index (χ4n) is 4.03. The highest BCUT2D eigenvalue weighted by Gasteiger charge is 2.39. The molecule has 184 valence electrons. The number of aliphatic hydroxyl groups is 1. The first-order valence-corrected chi connectivity index (χ1v) is 11.1. The summed E-state index contributed by atoms with van der Waals surface area (Å²) in [5.41, 5.74) is 0.930. The number of nitrogens with zero attached hydrogens (tertiary/aromatic N) is 5. The standard InChI is InChI=1S/C23H24F3N7O2/c1-14-12-19(31-30-14)27-22-29-21(23(25,26)15-2-4-16(24)5-3-15)28-20-7-6-17(33(20)22)18(34)13-32-8-10-35-11-9-32/h2-7,12,18,34H,8-11,13H2,1H3,(H2,27,28,29,30,31). The number of anilines is 2. The van der Waals surface area contributed by atoms with E-state index < -0.39 is 29.2 Å². The van der Waals surface area contributed by atoms with Crippen LogP contribution in [0.25, 0.3) is 5.65 Å². The minimum atomic E-state index is -3.59. The van der Waals surface area contributed by atoms with Gasteiger partial charge in [-0.1, -0.05) is 0 Å². The van der Waals surface area contributed by atoms with Crippen LogP contribution in [0.4, 0.5) is 24.9 Å². The lowest BCUT2D eigenvalue weighted by atomic mass is 10.1. The molecule has 4 heterocycles. The van der Waals surface area contributed by atoms with Crippen molar-refractivity contribution in [3.05, 3.63) is 71.1 Å². The normalized spacial score (nSPS) is 16.0. The topological polar surface area (TPSA) is 104 Å². The molecule has 0 saturated carbocycles. The third-order valence-corrected chi connectivity index (χ3v) is 5.84. The first-order valence-electron chi connectivity index (χ1n) is 11.1. The summed E-state index contributed by atoms with van der Waals surface area (Å²) in [6.07, 6.45) is -0.927. The van der Waals surface area contributed by atoms with Crippen molar-refractivity contribution in [1.82, 2.24) is 29.5 Å². The van der Waals surface area contributed by atoms with Gasteiger partial charge in [-0.25, -0.2) is 9.37 Å². The fraction of sp³-hybridized carbons (Fsp3) is 0.348. The highest BCUT2D eigenvalue weighted by Crippen LogP contribution is 2.35. The second-order valence-corrected chi connectivity index (χ2v) is 8.39. The Morgan fingerprint density at radius 1 is 1.14 bits per heavy atom. The van der Waals surface area contributed by atoms with Crippen LogP contribution in [0.2, 0.25) is 0 Å². The number of benzene rings is 1. The molecule has 1 unspecified atom stereocenters. The molecule has 35 heavy (non-hydrogen) atoms. The van der Waals surface area contributed by atoms with Crippen LogP contribution in [0.15, 0.2) is 42.5 Å². The molecule has 1 saturated heterocycles. The van der Waals surface area contributed by atoms with Crippen molar-refractivity contribution in [1.29, 1.82) is 0 Å². The van der Waals surface area contributed by atoms with Crippen molar-refractivity contribution in [2.75, 3.05) is 38.2 Å². The van der Waals surface area contributed by atoms with Crippen LogP contribution >= 0.6 is 0 Å². The molecule has 0 spiro atoms. The van der Waals surface area contributed by atoms with Crippen LogP contribution in [0.1, 0.15) is 28.9 Å². The van der Waals surface area contributed by atoms with Crippen LogP contribution < -0.4 is 5.32 Å². The minimum Gasteiger partial charge on any atom is -0.386 e. The van der Waals surface area contributed by atoms with Crippen molar-refractivity contribution in [3.8, 4) is 0 Å². The van der Waals surface area contributed by atoms with Gasteiger partial charge in [0, 0.05) is 37.0 Å². The van der Waals surface area contributed by atoms with Gasteiger partial charge in [-0.2, -0.15) is 18.9 Å². The highest BCUT2D eigenvalue weighted by molar-refractivity contribution is 5.56. The van der Waals surface area contributed by atoms with Gasteiger partial charge >= 0.3 is 5.92 Å². The van der Waals surface area contributed by atoms with Crippen molar-refractivity contribution < 1.29 is 23.0 Å². The second-order valence-electron chi connectivity index (χ2n) is 8.39. The van der Waals surface area contributed by atoms with Crippen LogP contribution in [0, 0.1) is 12.7 Å². The Hall–Kier alpha value is -3.48. The number of morpholine rings is 1. The van der Waals surface area contributed by atoms with Crippen molar-refractivity contribution in [2.45, 2.75) is 19.0 Å². The predicted molar refractivity (Wildman–Crippen MR) is 121 cm³/mol. The highest BCUT2D eigenvalue weighted by atomic mass is 19.3. The van der Waals surface area contributed by atoms with Crippen LogP contribution in [-0.4, -0.2) is 67.4 Å². The summed E-state index contributed by atoms with van der Waals surface area (Å²) < 4.78 is 50.9. The zero-order valence-corrected chi connectivity index (χ0v) is 18.9. The van der Waals surface area contributed by atoms with E-state index in [2.05, 4.69) is 30.4 Å². The number of aromatic amines is 1. The lowest BCUT2D eigenvalue weighted by molar-refractivity contribution is 0.0134. The number of H-pyrrole nitrogens is 1. The molecule has 0 amide bonds. The largest absolute Gasteiger partial charge is 0.386 e. The quantitative estimate of drug-likeness (QED) is 0.368. The van der Waals surface area contributed by atoms with E-state index in [0.29, 0.717) is 44.4 Å². The molecular formula is C23H24F3N7O2. The summed E-state index contributed by atoms with van der Waals surface area (Å²) in [6.45, 7) is 4.67. The summed E-state index contributed by atoms with van der Waals surface area (Å²) in [6, 6.07) is 8.81. The number of hydrogen-bond donors (Lipinski definition) is 3. The predicted octanol–water partition coefficient (Wildman–Crippen LogP) is 3.15. The molecular weight excluding hydrogens is 463 g/mol. The SMILES string of the molecule is Cc1cc(Nc2nc(C(F)(F)c3ccc(F)cc3)nc3ccc(C(O)CN4CCOCC4)n23)n[nH]1. The van der Waals surface area contributed by atoms with E-state index >= 15 is 8.78 Å². The second kappa shape index (κ2) is 9.29. The molecule has 3 aromatic heterocycles. The minimum absolute atomic E-state index is 0.0133. The zero-order chi connectivity index (χ0) is 24.6. The maximum absolute atomic E-state index is 15.4. The van der Waals surface area contributed by atoms with E-state index in [4.69, 9.17) is 4.74 Å². The lowest BCUT2D eigenvalue weighted by Gasteiger charge is -2.28. The van der Waals surface area contributed by atoms with Crippen LogP contribution in [0.5, 0.6) is 0 Å². The van der Waals surface area contributed by atoms with Gasteiger partial charge in [-0.05, 0) is 43.3 Å². The summed E-state index contributed by atoms with van der Waals surface area (Å²) in [4.78, 5) is 10.3. The van der Waals surface area contributed by atoms with E-state index in [-0.39, 0.29) is 11.6 Å². The maximum atomic E-state index is 15.4. The first-order chi connectivity index (χ1) is 16.8. The van der Waals surface area contributed by atoms with Crippen LogP contribution in [0.3, 0.4) is 0 Å². The Balaban J connectivity index is 1.57. The molecule has 9 nitrogen and oxygen atoms in total. The summed E-state index contributed by atoms with van der Waals surface area (Å²) in [5, 5.41) is 20.8. The third-order valence-electron chi connectivity index (χ3n) is 5.84. The fourth-order valence-corrected chi connectivity index (χ4v) is 4.03. The Labute approximate surface area is 198 Å². The van der Waals surface area contributed by atoms with Gasteiger partial charge in [0.1, 0.15) is 17.6 Å². The lowest BCUT2D eigenvalue weighted by Crippen LogP contribution is -2.39. The van der Waals surface area contributed by atoms with E-state index in [9.17, 15) is 9.50 Å². The number of aliphatic hydroxyl groups excluding tert-OH is 1. The Bertz CT molecular complexity index is 1320. The van der Waals surface area contributed by atoms with E-state index in [1.54, 1.807) is 25.1 Å². The molecule has 5 rings (SSSR count). The number of aromatic nitrogens is 5. The summed E-state index contributed by atoms with van der Waals surface area (Å²) in [5.74, 6) is -4.61. The Morgan fingerprint density at radius 3 is 2.57 bits per heavy atom. The van der Waals surface area contributed by atoms with Gasteiger partial charge in [0.2, 0.25) is 11.8 Å². The Kier molecular flexibility index (Phi) is 6.17. The van der Waals surface area contributed by atoms with Crippen molar-refractivity contribution in [2.24, 2.45) is 0 Å². The van der Waals surface area contributed by atoms with Crippen molar-refractivity contribution in [3.63, 3.8) is 0 Å². The number of ether oxygens (including phenoxy) is 1. The van der Waals surface area contributed by atoms with Gasteiger partial charge in [0.25, 0.3) is 0 Å². The van der Waals surface area contributed by atoms with E-state index in [1.807, 2.05) is 0 Å². The van der Waals surface area contributed by atoms with Gasteiger partial charge < -0.3 is 15.2 Å². The number of rotatable bonds is 7. The number of alkyl halides is 2. The molecule has 1 aliphatic rings. The van der Waals surface area contributed by atoms with Gasteiger partial charge in [-0.15, -0.1) is 0 Å².